The second-order valence-corrected chi connectivity index (χ2v) is 14.2. The average Bonchev–Trinajstić information content (AvgIpc) is 3.10. The topological polar surface area (TPSA) is 152 Å². The Balaban J connectivity index is 1.24. The summed E-state index contributed by atoms with van der Waals surface area (Å²) in [5, 5.41) is 37.2. The number of terminal acetylenes is 1. The highest BCUT2D eigenvalue weighted by Gasteiger charge is 2.44. The fraction of sp³-hybridized carbons (Fsp3) is 0.526. The molecule has 5 atom stereocenters. The van der Waals surface area contributed by atoms with E-state index in [-0.39, 0.29) is 43.8 Å². The molecule has 0 aliphatic carbocycles. The summed E-state index contributed by atoms with van der Waals surface area (Å²) in [6.07, 6.45) is 2.15. The fourth-order valence-corrected chi connectivity index (χ4v) is 6.55. The van der Waals surface area contributed by atoms with Gasteiger partial charge in [-0.3, -0.25) is 19.3 Å². The number of aliphatic hydroxyl groups is 3. The number of carbonyl (C=O) groups excluding carboxylic acids is 3. The van der Waals surface area contributed by atoms with Crippen molar-refractivity contribution in [2.24, 2.45) is 0 Å². The maximum Gasteiger partial charge on any atom is 0.247 e. The van der Waals surface area contributed by atoms with Crippen LogP contribution in [-0.2, 0) is 25.5 Å². The molecule has 4 rings (SSSR count). The van der Waals surface area contributed by atoms with Crippen LogP contribution in [0.5, 0.6) is 5.75 Å². The molecule has 2 aromatic carbocycles. The van der Waals surface area contributed by atoms with Crippen molar-refractivity contribution >= 4 is 28.9 Å². The number of ether oxygens (including phenoxy) is 2. The van der Waals surface area contributed by atoms with Crippen LogP contribution in [0.1, 0.15) is 48.6 Å². The number of likely N-dealkylation sites (N-methyl/N-ethyl adjacent to an activating group) is 1. The minimum atomic E-state index is -1.37. The van der Waals surface area contributed by atoms with Crippen molar-refractivity contribution in [1.29, 1.82) is 0 Å². The highest BCUT2D eigenvalue weighted by atomic mass is 32.1. The predicted octanol–water partition coefficient (Wildman–Crippen LogP) is 1.33. The van der Waals surface area contributed by atoms with Gasteiger partial charge in [-0.15, -0.1) is 17.6 Å². The van der Waals surface area contributed by atoms with Crippen LogP contribution < -0.4 is 10.1 Å². The second kappa shape index (κ2) is 18.0. The van der Waals surface area contributed by atoms with Gasteiger partial charge in [0.15, 0.2) is 0 Å². The largest absolute Gasteiger partial charge is 0.493 e. The summed E-state index contributed by atoms with van der Waals surface area (Å²) in [5.41, 5.74) is 2.68. The Morgan fingerprint density at radius 2 is 1.75 bits per heavy atom. The van der Waals surface area contributed by atoms with Crippen molar-refractivity contribution in [3.05, 3.63) is 64.7 Å². The number of hydrogen-bond acceptors (Lipinski definition) is 9. The molecule has 2 fully saturated rings. The summed E-state index contributed by atoms with van der Waals surface area (Å²) < 4.78 is 11.8. The van der Waals surface area contributed by atoms with Gasteiger partial charge in [0.05, 0.1) is 26.1 Å². The second-order valence-electron chi connectivity index (χ2n) is 13.6. The van der Waals surface area contributed by atoms with Crippen molar-refractivity contribution in [1.82, 2.24) is 20.0 Å². The third-order valence-electron chi connectivity index (χ3n) is 9.22. The molecule has 2 aromatic rings. The Hall–Kier alpha value is -3.99. The zero-order chi connectivity index (χ0) is 37.3. The van der Waals surface area contributed by atoms with Gasteiger partial charge in [-0.1, -0.05) is 41.4 Å². The van der Waals surface area contributed by atoms with Crippen LogP contribution in [0.3, 0.4) is 0 Å². The Kier molecular flexibility index (Phi) is 14.0. The number of carbonyl (C=O) groups is 3. The standard InChI is InChI=1S/C38H50N4O8S/c1-7-15-40(5)32(44)23-41-16-18-42(19-17-41)37(48)38(3,4)39-31(43)14-20-49-29-12-9-26(10-13-29)21-28-22-27(11-8-25(28)2)36-35(47)34(46)33(45)30(50-36)24-51-6/h1,8-13,22,30,33-36,45-47H,14-21,23H2,2-6H3,(H,39,43)/t30?,33-,34+,35-,36+/m1/s1. The van der Waals surface area contributed by atoms with Crippen LogP contribution >= 0.6 is 11.2 Å². The van der Waals surface area contributed by atoms with Crippen LogP contribution in [0.25, 0.3) is 0 Å². The zero-order valence-electron chi connectivity index (χ0n) is 30.0. The van der Waals surface area contributed by atoms with Gasteiger partial charge in [0.25, 0.3) is 0 Å². The monoisotopic (exact) mass is 722 g/mol. The molecule has 2 heterocycles. The van der Waals surface area contributed by atoms with E-state index in [2.05, 4.69) is 16.4 Å². The molecule has 13 heteroatoms. The Morgan fingerprint density at radius 3 is 2.39 bits per heavy atom. The Bertz CT molecular complexity index is 1640. The summed E-state index contributed by atoms with van der Waals surface area (Å²) in [7, 11) is 1.67. The van der Waals surface area contributed by atoms with Gasteiger partial charge in [0, 0.05) is 39.5 Å². The van der Waals surface area contributed by atoms with Crippen LogP contribution in [0.2, 0.25) is 0 Å². The van der Waals surface area contributed by atoms with Gasteiger partial charge < -0.3 is 39.9 Å². The minimum absolute atomic E-state index is 0.0636. The van der Waals surface area contributed by atoms with Crippen molar-refractivity contribution < 1.29 is 39.2 Å². The van der Waals surface area contributed by atoms with Crippen molar-refractivity contribution in [2.75, 3.05) is 59.2 Å². The summed E-state index contributed by atoms with van der Waals surface area (Å²) in [6.45, 7) is 8.02. The van der Waals surface area contributed by atoms with E-state index in [9.17, 15) is 29.7 Å². The molecular weight excluding hydrogens is 673 g/mol. The molecule has 0 radical (unpaired) electrons. The number of aryl methyl sites for hydroxylation is 1. The number of nitrogens with zero attached hydrogens (tertiary/aromatic N) is 3. The average molecular weight is 723 g/mol. The minimum Gasteiger partial charge on any atom is -0.493 e. The molecule has 51 heavy (non-hydrogen) atoms. The van der Waals surface area contributed by atoms with E-state index in [4.69, 9.17) is 15.9 Å². The summed E-state index contributed by atoms with van der Waals surface area (Å²) in [5.74, 6) is 2.52. The van der Waals surface area contributed by atoms with Crippen LogP contribution in [0, 0.1) is 24.5 Å². The summed E-state index contributed by atoms with van der Waals surface area (Å²) in [6, 6.07) is 13.3. The lowest BCUT2D eigenvalue weighted by Crippen LogP contribution is -2.60. The molecule has 0 aromatic heterocycles. The first-order valence-electron chi connectivity index (χ1n) is 17.0. The lowest BCUT2D eigenvalue weighted by Gasteiger charge is -2.39. The molecule has 12 nitrogen and oxygen atoms in total. The SMILES string of the molecule is C#CCN(C)C(=O)CN1CCN(C(=O)C(C)(C)NC(=O)CCOc2ccc(Cc3cc([C@@H]4OC(C#SC)[C@@H](O)[C@H](O)[C@H]4O)ccc3C)cc2)CC1. The van der Waals surface area contributed by atoms with Gasteiger partial charge in [0.1, 0.15) is 41.8 Å². The normalized spacial score (nSPS) is 22.3. The van der Waals surface area contributed by atoms with Gasteiger partial charge in [-0.25, -0.2) is 0 Å². The highest BCUT2D eigenvalue weighted by Crippen LogP contribution is 2.34. The summed E-state index contributed by atoms with van der Waals surface area (Å²) >= 11 is 1.25. The molecule has 276 valence electrons. The zero-order valence-corrected chi connectivity index (χ0v) is 30.8. The first kappa shape index (κ1) is 39.8. The van der Waals surface area contributed by atoms with E-state index in [0.717, 1.165) is 16.7 Å². The van der Waals surface area contributed by atoms with Crippen LogP contribution in [0.15, 0.2) is 42.5 Å². The van der Waals surface area contributed by atoms with Crippen molar-refractivity contribution in [2.45, 2.75) is 69.7 Å². The number of amides is 3. The van der Waals surface area contributed by atoms with E-state index in [0.29, 0.717) is 43.9 Å². The van der Waals surface area contributed by atoms with E-state index in [1.165, 1.54) is 16.1 Å². The number of rotatable bonds is 12. The highest BCUT2D eigenvalue weighted by molar-refractivity contribution is 7.87. The van der Waals surface area contributed by atoms with Gasteiger partial charge in [-0.2, -0.15) is 0 Å². The molecular formula is C38H50N4O8S. The maximum atomic E-state index is 13.3. The van der Waals surface area contributed by atoms with Crippen molar-refractivity contribution in [3.63, 3.8) is 0 Å². The number of hydrogen-bond donors (Lipinski definition) is 4. The fourth-order valence-electron chi connectivity index (χ4n) is 6.12. The molecule has 2 saturated heterocycles. The smallest absolute Gasteiger partial charge is 0.247 e. The van der Waals surface area contributed by atoms with Crippen LogP contribution in [0.4, 0.5) is 0 Å². The van der Waals surface area contributed by atoms with Gasteiger partial charge >= 0.3 is 0 Å². The van der Waals surface area contributed by atoms with E-state index in [1.807, 2.05) is 54.3 Å². The lowest BCUT2D eigenvalue weighted by atomic mass is 9.89. The van der Waals surface area contributed by atoms with E-state index in [1.54, 1.807) is 32.1 Å². The van der Waals surface area contributed by atoms with E-state index >= 15 is 0 Å². The molecule has 1 unspecified atom stereocenters. The molecule has 0 spiro atoms. The van der Waals surface area contributed by atoms with Gasteiger partial charge in [-0.05, 0) is 61.6 Å². The number of nitrogens with one attached hydrogen (secondary N) is 1. The first-order chi connectivity index (χ1) is 24.2. The quantitative estimate of drug-likeness (QED) is 0.238. The third kappa shape index (κ3) is 10.5. The Labute approximate surface area is 304 Å². The van der Waals surface area contributed by atoms with Crippen molar-refractivity contribution in [3.8, 4) is 23.3 Å². The number of benzene rings is 2. The van der Waals surface area contributed by atoms with E-state index < -0.39 is 36.1 Å². The lowest BCUT2D eigenvalue weighted by molar-refractivity contribution is -0.209. The molecule has 2 aliphatic heterocycles. The molecule has 0 bridgehead atoms. The maximum absolute atomic E-state index is 13.3. The molecule has 3 amide bonds. The predicted molar refractivity (Wildman–Crippen MR) is 195 cm³/mol. The third-order valence-corrected chi connectivity index (χ3v) is 9.69. The Morgan fingerprint density at radius 1 is 1.06 bits per heavy atom. The number of piperazine rings is 1. The first-order valence-corrected chi connectivity index (χ1v) is 18.3. The summed E-state index contributed by atoms with van der Waals surface area (Å²) in [4.78, 5) is 43.5. The van der Waals surface area contributed by atoms with Crippen LogP contribution in [-0.4, -0.2) is 137 Å². The molecule has 2 aliphatic rings. The molecule has 4 N–H and O–H groups in total. The van der Waals surface area contributed by atoms with Gasteiger partial charge in [0.2, 0.25) is 17.7 Å². The number of aliphatic hydroxyl groups excluding tert-OH is 3. The molecule has 0 saturated carbocycles.